The number of benzene rings is 2. The van der Waals surface area contributed by atoms with Crippen molar-refractivity contribution in [2.24, 2.45) is 0 Å². The number of phenolic OH excluding ortho intramolecular Hbond substituents is 1. The van der Waals surface area contributed by atoms with E-state index in [0.717, 1.165) is 0 Å². The van der Waals surface area contributed by atoms with Gasteiger partial charge in [0.2, 0.25) is 6.29 Å². The lowest BCUT2D eigenvalue weighted by atomic mass is 9.99. The number of carbonyl (C=O) groups is 1. The molecule has 0 spiro atoms. The molecule has 1 aliphatic rings. The topological polar surface area (TPSA) is 167 Å². The van der Waals surface area contributed by atoms with Crippen molar-refractivity contribution < 1.29 is 44.2 Å². The lowest BCUT2D eigenvalue weighted by Gasteiger charge is -2.38. The van der Waals surface area contributed by atoms with E-state index in [0.29, 0.717) is 5.56 Å². The van der Waals surface area contributed by atoms with Crippen LogP contribution in [0.25, 0.3) is 22.1 Å². The SMILES string of the molecule is O=C(O)[C@H]1OC(Oc2ccc3c(=O)c(-c4ccc(O)cc4)coc3c2)[C@H](O)[C@@H](O)[C@@H]1O. The second-order valence-electron chi connectivity index (χ2n) is 7.04. The van der Waals surface area contributed by atoms with Gasteiger partial charge in [0.1, 0.15) is 41.7 Å². The van der Waals surface area contributed by atoms with Crippen molar-refractivity contribution in [2.75, 3.05) is 0 Å². The molecule has 31 heavy (non-hydrogen) atoms. The number of carboxylic acid groups (broad SMARTS) is 1. The summed E-state index contributed by atoms with van der Waals surface area (Å²) in [4.78, 5) is 24.0. The molecule has 1 unspecified atom stereocenters. The molecule has 1 fully saturated rings. The van der Waals surface area contributed by atoms with Crippen LogP contribution in [-0.4, -0.2) is 62.2 Å². The highest BCUT2D eigenvalue weighted by Gasteiger charge is 2.48. The number of rotatable bonds is 4. The first-order valence-corrected chi connectivity index (χ1v) is 9.20. The summed E-state index contributed by atoms with van der Waals surface area (Å²) in [5.41, 5.74) is 0.677. The molecule has 4 rings (SSSR count). The van der Waals surface area contributed by atoms with Crippen LogP contribution in [0.3, 0.4) is 0 Å². The molecule has 0 amide bonds. The number of aliphatic hydroxyl groups excluding tert-OH is 3. The molecule has 10 nitrogen and oxygen atoms in total. The van der Waals surface area contributed by atoms with Gasteiger partial charge in [-0.2, -0.15) is 0 Å². The summed E-state index contributed by atoms with van der Waals surface area (Å²) < 4.78 is 16.1. The van der Waals surface area contributed by atoms with E-state index in [1.54, 1.807) is 12.1 Å². The van der Waals surface area contributed by atoms with E-state index in [9.17, 15) is 30.0 Å². The summed E-state index contributed by atoms with van der Waals surface area (Å²) in [6, 6.07) is 10.2. The van der Waals surface area contributed by atoms with Crippen molar-refractivity contribution in [1.82, 2.24) is 0 Å². The van der Waals surface area contributed by atoms with Crippen LogP contribution in [-0.2, 0) is 9.53 Å². The van der Waals surface area contributed by atoms with Crippen LogP contribution in [0.1, 0.15) is 0 Å². The molecule has 0 saturated carbocycles. The first-order valence-electron chi connectivity index (χ1n) is 9.20. The zero-order valence-corrected chi connectivity index (χ0v) is 15.8. The Bertz CT molecular complexity index is 1170. The Morgan fingerprint density at radius 3 is 2.35 bits per heavy atom. The first-order chi connectivity index (χ1) is 14.8. The van der Waals surface area contributed by atoms with Crippen LogP contribution in [0.2, 0.25) is 0 Å². The third-order valence-corrected chi connectivity index (χ3v) is 4.99. The van der Waals surface area contributed by atoms with Crippen molar-refractivity contribution in [2.45, 2.75) is 30.7 Å². The molecule has 2 heterocycles. The summed E-state index contributed by atoms with van der Waals surface area (Å²) in [5.74, 6) is -1.39. The van der Waals surface area contributed by atoms with E-state index >= 15 is 0 Å². The largest absolute Gasteiger partial charge is 0.508 e. The number of aliphatic carboxylic acids is 1. The average molecular weight is 430 g/mol. The number of aliphatic hydroxyl groups is 3. The van der Waals surface area contributed by atoms with Crippen LogP contribution in [0.15, 0.2) is 57.9 Å². The molecule has 1 saturated heterocycles. The lowest BCUT2D eigenvalue weighted by Crippen LogP contribution is -2.61. The number of hydrogen-bond donors (Lipinski definition) is 5. The molecule has 0 bridgehead atoms. The monoisotopic (exact) mass is 430 g/mol. The summed E-state index contributed by atoms with van der Waals surface area (Å²) in [6.45, 7) is 0. The quantitative estimate of drug-likeness (QED) is 0.392. The zero-order chi connectivity index (χ0) is 22.3. The van der Waals surface area contributed by atoms with Gasteiger partial charge in [0.25, 0.3) is 0 Å². The maximum Gasteiger partial charge on any atom is 0.335 e. The van der Waals surface area contributed by atoms with Gasteiger partial charge in [-0.15, -0.1) is 0 Å². The van der Waals surface area contributed by atoms with Gasteiger partial charge in [-0.05, 0) is 29.8 Å². The summed E-state index contributed by atoms with van der Waals surface area (Å²) in [6.07, 6.45) is -7.47. The molecule has 2 aromatic carbocycles. The zero-order valence-electron chi connectivity index (χ0n) is 15.8. The van der Waals surface area contributed by atoms with E-state index in [1.165, 1.54) is 36.6 Å². The van der Waals surface area contributed by atoms with Crippen LogP contribution in [0, 0.1) is 0 Å². The maximum atomic E-state index is 12.8. The standard InChI is InChI=1S/C21H18O10/c22-10-3-1-9(2-4-10)13-8-29-14-7-11(5-6-12(14)15(13)23)30-21-18(26)16(24)17(25)19(31-21)20(27)28/h1-8,16-19,21-22,24-26H,(H,27,28)/t16-,17-,18+,19-,21?/m0/s1. The highest BCUT2D eigenvalue weighted by atomic mass is 16.7. The van der Waals surface area contributed by atoms with Gasteiger partial charge in [0.15, 0.2) is 11.5 Å². The molecule has 3 aromatic rings. The molecule has 5 N–H and O–H groups in total. The van der Waals surface area contributed by atoms with Crippen molar-refractivity contribution in [3.63, 3.8) is 0 Å². The number of fused-ring (bicyclic) bond motifs is 1. The van der Waals surface area contributed by atoms with E-state index in [4.69, 9.17) is 19.0 Å². The van der Waals surface area contributed by atoms with E-state index in [1.807, 2.05) is 0 Å². The minimum Gasteiger partial charge on any atom is -0.508 e. The van der Waals surface area contributed by atoms with Crippen LogP contribution in [0.5, 0.6) is 11.5 Å². The Labute approximate surface area is 174 Å². The number of ether oxygens (including phenoxy) is 2. The Kier molecular flexibility index (Phi) is 5.38. The fourth-order valence-electron chi connectivity index (χ4n) is 3.31. The summed E-state index contributed by atoms with van der Waals surface area (Å²) in [5, 5.41) is 48.4. The molecule has 0 radical (unpaired) electrons. The highest BCUT2D eigenvalue weighted by molar-refractivity contribution is 5.82. The van der Waals surface area contributed by atoms with Crippen LogP contribution < -0.4 is 10.2 Å². The van der Waals surface area contributed by atoms with E-state index in [-0.39, 0.29) is 33.5 Å². The van der Waals surface area contributed by atoms with Gasteiger partial charge in [0, 0.05) is 6.07 Å². The predicted molar refractivity (Wildman–Crippen MR) is 105 cm³/mol. The van der Waals surface area contributed by atoms with Gasteiger partial charge in [-0.1, -0.05) is 12.1 Å². The molecule has 5 atom stereocenters. The van der Waals surface area contributed by atoms with Gasteiger partial charge in [0.05, 0.1) is 10.9 Å². The number of aromatic hydroxyl groups is 1. The molecular weight excluding hydrogens is 412 g/mol. The Morgan fingerprint density at radius 1 is 0.968 bits per heavy atom. The molecule has 162 valence electrons. The van der Waals surface area contributed by atoms with Crippen molar-refractivity contribution in [3.05, 3.63) is 59.0 Å². The first kappa shape index (κ1) is 20.8. The lowest BCUT2D eigenvalue weighted by molar-refractivity contribution is -0.271. The summed E-state index contributed by atoms with van der Waals surface area (Å²) in [7, 11) is 0. The van der Waals surface area contributed by atoms with E-state index < -0.39 is 36.7 Å². The Morgan fingerprint density at radius 2 is 1.68 bits per heavy atom. The van der Waals surface area contributed by atoms with Gasteiger partial charge in [-0.25, -0.2) is 4.79 Å². The van der Waals surface area contributed by atoms with Crippen molar-refractivity contribution >= 4 is 16.9 Å². The smallest absolute Gasteiger partial charge is 0.335 e. The maximum absolute atomic E-state index is 12.8. The minimum absolute atomic E-state index is 0.0608. The molecule has 1 aromatic heterocycles. The predicted octanol–water partition coefficient (Wildman–Crippen LogP) is 0.437. The number of phenols is 1. The number of carboxylic acids is 1. The van der Waals surface area contributed by atoms with Crippen molar-refractivity contribution in [3.8, 4) is 22.6 Å². The van der Waals surface area contributed by atoms with Crippen LogP contribution in [0.4, 0.5) is 0 Å². The Hall–Kier alpha value is -3.44. The fourth-order valence-corrected chi connectivity index (χ4v) is 3.31. The van der Waals surface area contributed by atoms with Crippen LogP contribution >= 0.6 is 0 Å². The van der Waals surface area contributed by atoms with E-state index in [2.05, 4.69) is 0 Å². The second kappa shape index (κ2) is 8.00. The summed E-state index contributed by atoms with van der Waals surface area (Å²) >= 11 is 0. The highest BCUT2D eigenvalue weighted by Crippen LogP contribution is 2.28. The van der Waals surface area contributed by atoms with Gasteiger partial charge < -0.3 is 39.4 Å². The third kappa shape index (κ3) is 3.84. The van der Waals surface area contributed by atoms with Gasteiger partial charge in [-0.3, -0.25) is 4.79 Å². The van der Waals surface area contributed by atoms with Gasteiger partial charge >= 0.3 is 5.97 Å². The normalized spacial score (nSPS) is 26.0. The molecule has 0 aliphatic carbocycles. The molecule has 10 heteroatoms. The third-order valence-electron chi connectivity index (χ3n) is 4.99. The number of hydrogen-bond acceptors (Lipinski definition) is 9. The molecule has 1 aliphatic heterocycles. The average Bonchev–Trinajstić information content (AvgIpc) is 2.75. The Balaban J connectivity index is 1.62. The molecular formula is C21H18O10. The fraction of sp³-hybridized carbons (Fsp3) is 0.238. The van der Waals surface area contributed by atoms with Crippen molar-refractivity contribution in [1.29, 1.82) is 0 Å². The minimum atomic E-state index is -1.83. The second-order valence-corrected chi connectivity index (χ2v) is 7.04.